The third kappa shape index (κ3) is 5.23. The number of alkyl halides is 6. The van der Waals surface area contributed by atoms with E-state index in [-0.39, 0.29) is 5.02 Å². The Bertz CT molecular complexity index is 615. The summed E-state index contributed by atoms with van der Waals surface area (Å²) < 4.78 is 101. The highest BCUT2D eigenvalue weighted by Crippen LogP contribution is 2.41. The van der Waals surface area contributed by atoms with Gasteiger partial charge in [-0.05, 0) is 24.3 Å². The summed E-state index contributed by atoms with van der Waals surface area (Å²) in [7, 11) is -4.72. The van der Waals surface area contributed by atoms with Crippen LogP contribution in [-0.4, -0.2) is 38.5 Å². The highest BCUT2D eigenvalue weighted by Gasteiger charge is 2.60. The van der Waals surface area contributed by atoms with Crippen LogP contribution in [-0.2, 0) is 10.0 Å². The number of benzene rings is 1. The molecule has 23 heavy (non-hydrogen) atoms. The van der Waals surface area contributed by atoms with Crippen LogP contribution in [0.25, 0.3) is 0 Å². The van der Waals surface area contributed by atoms with E-state index in [2.05, 4.69) is 0 Å². The molecular formula is C11H10ClF6NO3S. The van der Waals surface area contributed by atoms with E-state index in [1.54, 1.807) is 0 Å². The maximum absolute atomic E-state index is 12.6. The van der Waals surface area contributed by atoms with Crippen LogP contribution in [0, 0.1) is 5.92 Å². The number of hydrogen-bond acceptors (Lipinski definition) is 3. The highest BCUT2D eigenvalue weighted by atomic mass is 35.5. The van der Waals surface area contributed by atoms with Crippen LogP contribution in [0.15, 0.2) is 29.2 Å². The summed E-state index contributed by atoms with van der Waals surface area (Å²) in [4.78, 5) is -0.594. The second-order valence-corrected chi connectivity index (χ2v) is 6.58. The maximum atomic E-state index is 12.6. The van der Waals surface area contributed by atoms with Crippen molar-refractivity contribution in [3.8, 4) is 0 Å². The van der Waals surface area contributed by atoms with Crippen molar-refractivity contribution in [2.75, 3.05) is 6.61 Å². The maximum Gasteiger partial charge on any atom is 0.402 e. The van der Waals surface area contributed by atoms with Crippen molar-refractivity contribution in [3.05, 3.63) is 29.3 Å². The zero-order valence-electron chi connectivity index (χ0n) is 11.0. The fourth-order valence-electron chi connectivity index (χ4n) is 1.73. The molecule has 2 N–H and O–H groups in total. The normalized spacial score (nSPS) is 15.0. The van der Waals surface area contributed by atoms with Gasteiger partial charge in [-0.1, -0.05) is 11.6 Å². The molecule has 132 valence electrons. The van der Waals surface area contributed by atoms with Crippen molar-refractivity contribution < 1.29 is 39.9 Å². The Morgan fingerprint density at radius 3 is 1.83 bits per heavy atom. The number of aliphatic hydroxyl groups is 1. The van der Waals surface area contributed by atoms with Gasteiger partial charge in [0.15, 0.2) is 5.92 Å². The van der Waals surface area contributed by atoms with Crippen molar-refractivity contribution in [2.24, 2.45) is 5.92 Å². The van der Waals surface area contributed by atoms with Crippen LogP contribution in [0.1, 0.15) is 0 Å². The molecule has 0 aromatic heterocycles. The Kier molecular flexibility index (Phi) is 5.94. The predicted octanol–water partition coefficient (Wildman–Crippen LogP) is 2.72. The molecule has 0 unspecified atom stereocenters. The van der Waals surface area contributed by atoms with Crippen molar-refractivity contribution >= 4 is 21.6 Å². The van der Waals surface area contributed by atoms with Gasteiger partial charge in [-0.15, -0.1) is 0 Å². The number of sulfonamides is 1. The second kappa shape index (κ2) is 6.83. The predicted molar refractivity (Wildman–Crippen MR) is 68.2 cm³/mol. The van der Waals surface area contributed by atoms with Gasteiger partial charge in [0.05, 0.1) is 17.5 Å². The Balaban J connectivity index is 3.17. The Hall–Kier alpha value is -1.04. The average Bonchev–Trinajstić information content (AvgIpc) is 2.34. The van der Waals surface area contributed by atoms with Gasteiger partial charge in [0.2, 0.25) is 10.0 Å². The molecule has 1 atom stereocenters. The summed E-state index contributed by atoms with van der Waals surface area (Å²) in [6, 6.07) is 1.16. The standard InChI is InChI=1S/C11H10ClF6NO3S/c12-6-1-3-7(4-2-6)23(21,22)19-8(5-20)9(10(13,14)15)11(16,17)18/h1-4,8-9,19-20H,5H2/t8-/m1/s1. The summed E-state index contributed by atoms with van der Waals surface area (Å²) in [5.74, 6) is -4.05. The van der Waals surface area contributed by atoms with Crippen molar-refractivity contribution in [3.63, 3.8) is 0 Å². The molecule has 1 aromatic carbocycles. The highest BCUT2D eigenvalue weighted by molar-refractivity contribution is 7.89. The van der Waals surface area contributed by atoms with Gasteiger partial charge in [-0.3, -0.25) is 0 Å². The Morgan fingerprint density at radius 2 is 1.48 bits per heavy atom. The van der Waals surface area contributed by atoms with E-state index < -0.39 is 45.8 Å². The lowest BCUT2D eigenvalue weighted by Crippen LogP contribution is -2.54. The smallest absolute Gasteiger partial charge is 0.395 e. The fraction of sp³-hybridized carbons (Fsp3) is 0.455. The number of nitrogens with one attached hydrogen (secondary N) is 1. The molecule has 0 bridgehead atoms. The first-order valence-corrected chi connectivity index (χ1v) is 7.67. The molecular weight excluding hydrogens is 376 g/mol. The van der Waals surface area contributed by atoms with Crippen LogP contribution in [0.3, 0.4) is 0 Å². The Labute approximate surface area is 132 Å². The average molecular weight is 386 g/mol. The molecule has 0 saturated heterocycles. The molecule has 0 spiro atoms. The van der Waals surface area contributed by atoms with Gasteiger partial charge in [-0.25, -0.2) is 13.1 Å². The first-order valence-electron chi connectivity index (χ1n) is 5.81. The summed E-state index contributed by atoms with van der Waals surface area (Å²) in [5, 5.41) is 8.95. The molecule has 0 aliphatic carbocycles. The fourth-order valence-corrected chi connectivity index (χ4v) is 3.10. The molecule has 0 saturated carbocycles. The lowest BCUT2D eigenvalue weighted by atomic mass is 10.00. The van der Waals surface area contributed by atoms with Gasteiger partial charge in [0, 0.05) is 5.02 Å². The molecule has 4 nitrogen and oxygen atoms in total. The van der Waals surface area contributed by atoms with Crippen molar-refractivity contribution in [1.29, 1.82) is 0 Å². The first kappa shape index (κ1) is 20.0. The van der Waals surface area contributed by atoms with Gasteiger partial charge < -0.3 is 5.11 Å². The molecule has 12 heteroatoms. The quantitative estimate of drug-likeness (QED) is 0.766. The van der Waals surface area contributed by atoms with Crippen molar-refractivity contribution in [1.82, 2.24) is 4.72 Å². The minimum Gasteiger partial charge on any atom is -0.395 e. The minimum atomic E-state index is -5.80. The van der Waals surface area contributed by atoms with Gasteiger partial charge in [0.1, 0.15) is 0 Å². The molecule has 0 heterocycles. The van der Waals surface area contributed by atoms with E-state index in [0.717, 1.165) is 24.3 Å². The largest absolute Gasteiger partial charge is 0.402 e. The van der Waals surface area contributed by atoms with E-state index in [0.29, 0.717) is 0 Å². The van der Waals surface area contributed by atoms with Crippen LogP contribution >= 0.6 is 11.6 Å². The van der Waals surface area contributed by atoms with Gasteiger partial charge in [-0.2, -0.15) is 26.3 Å². The summed E-state index contributed by atoms with van der Waals surface area (Å²) in [6.45, 7) is -1.70. The number of rotatable bonds is 5. The minimum absolute atomic E-state index is 0.117. The monoisotopic (exact) mass is 385 g/mol. The third-order valence-corrected chi connectivity index (χ3v) is 4.49. The zero-order chi connectivity index (χ0) is 18.1. The number of halogens is 7. The van der Waals surface area contributed by atoms with Crippen LogP contribution < -0.4 is 4.72 Å². The lowest BCUT2D eigenvalue weighted by Gasteiger charge is -2.29. The number of aliphatic hydroxyl groups excluding tert-OH is 1. The molecule has 0 aliphatic rings. The molecule has 0 amide bonds. The zero-order valence-corrected chi connectivity index (χ0v) is 12.6. The number of hydrogen-bond donors (Lipinski definition) is 2. The van der Waals surface area contributed by atoms with Crippen LogP contribution in [0.4, 0.5) is 26.3 Å². The van der Waals surface area contributed by atoms with E-state index in [4.69, 9.17) is 16.7 Å². The summed E-state index contributed by atoms with van der Waals surface area (Å²) in [6.07, 6.45) is -11.6. The van der Waals surface area contributed by atoms with Gasteiger partial charge >= 0.3 is 12.4 Å². The van der Waals surface area contributed by atoms with E-state index >= 15 is 0 Å². The molecule has 0 aliphatic heterocycles. The molecule has 1 rings (SSSR count). The molecule has 0 radical (unpaired) electrons. The Morgan fingerprint density at radius 1 is 1.04 bits per heavy atom. The summed E-state index contributed by atoms with van der Waals surface area (Å²) >= 11 is 5.51. The van der Waals surface area contributed by atoms with E-state index in [1.807, 2.05) is 0 Å². The first-order chi connectivity index (χ1) is 10.3. The van der Waals surface area contributed by atoms with Gasteiger partial charge in [0.25, 0.3) is 0 Å². The summed E-state index contributed by atoms with van der Waals surface area (Å²) in [5.41, 5.74) is 0. The van der Waals surface area contributed by atoms with E-state index in [1.165, 1.54) is 4.72 Å². The third-order valence-electron chi connectivity index (χ3n) is 2.73. The molecule has 0 fully saturated rings. The molecule has 1 aromatic rings. The SMILES string of the molecule is O=S(=O)(N[C@H](CO)C(C(F)(F)F)C(F)(F)F)c1ccc(Cl)cc1. The van der Waals surface area contributed by atoms with Crippen LogP contribution in [0.5, 0.6) is 0 Å². The van der Waals surface area contributed by atoms with E-state index in [9.17, 15) is 34.8 Å². The van der Waals surface area contributed by atoms with Crippen molar-refractivity contribution in [2.45, 2.75) is 23.3 Å². The topological polar surface area (TPSA) is 66.4 Å². The van der Waals surface area contributed by atoms with Crippen LogP contribution in [0.2, 0.25) is 5.02 Å². The second-order valence-electron chi connectivity index (χ2n) is 4.43. The lowest BCUT2D eigenvalue weighted by molar-refractivity contribution is -0.292.